The molecular formula is C14H16N2O3. The number of aromatic nitrogens is 1. The first-order valence-electron chi connectivity index (χ1n) is 6.39. The highest BCUT2D eigenvalue weighted by Gasteiger charge is 2.22. The van der Waals surface area contributed by atoms with E-state index >= 15 is 0 Å². The number of benzene rings is 1. The first-order chi connectivity index (χ1) is 9.26. The predicted molar refractivity (Wildman–Crippen MR) is 71.1 cm³/mol. The summed E-state index contributed by atoms with van der Waals surface area (Å²) in [6.07, 6.45) is 3.00. The van der Waals surface area contributed by atoms with Gasteiger partial charge < -0.3 is 20.1 Å². The Morgan fingerprint density at radius 2 is 2.32 bits per heavy atom. The van der Waals surface area contributed by atoms with Crippen LogP contribution in [0.4, 0.5) is 4.79 Å². The van der Waals surface area contributed by atoms with Crippen LogP contribution in [0.1, 0.15) is 11.1 Å². The molecule has 0 bridgehead atoms. The van der Waals surface area contributed by atoms with Gasteiger partial charge >= 0.3 is 6.09 Å². The Kier molecular flexibility index (Phi) is 3.13. The minimum Gasteiger partial charge on any atom is -0.447 e. The minimum absolute atomic E-state index is 0.0465. The largest absolute Gasteiger partial charge is 0.447 e. The molecule has 2 aromatic rings. The van der Waals surface area contributed by atoms with Gasteiger partial charge in [0.2, 0.25) is 0 Å². The Balaban J connectivity index is 1.83. The molecular weight excluding hydrogens is 244 g/mol. The van der Waals surface area contributed by atoms with E-state index in [1.165, 1.54) is 0 Å². The number of rotatable bonds is 4. The molecule has 100 valence electrons. The monoisotopic (exact) mass is 260 g/mol. The Morgan fingerprint density at radius 3 is 3.05 bits per heavy atom. The predicted octanol–water partition coefficient (Wildman–Crippen LogP) is 1.35. The summed E-state index contributed by atoms with van der Waals surface area (Å²) < 4.78 is 4.88. The van der Waals surface area contributed by atoms with E-state index in [2.05, 4.69) is 16.4 Å². The molecule has 1 aliphatic heterocycles. The Hall–Kier alpha value is -2.01. The third-order valence-corrected chi connectivity index (χ3v) is 3.43. The van der Waals surface area contributed by atoms with E-state index in [0.717, 1.165) is 28.5 Å². The maximum atomic E-state index is 11.0. The van der Waals surface area contributed by atoms with Crippen LogP contribution in [0.25, 0.3) is 10.9 Å². The molecule has 1 amide bonds. The number of carbonyl (C=O) groups excluding carboxylic acids is 1. The van der Waals surface area contributed by atoms with Gasteiger partial charge in [0.25, 0.3) is 0 Å². The number of carbonyl (C=O) groups is 1. The Labute approximate surface area is 110 Å². The zero-order chi connectivity index (χ0) is 13.2. The van der Waals surface area contributed by atoms with Gasteiger partial charge in [-0.2, -0.15) is 0 Å². The summed E-state index contributed by atoms with van der Waals surface area (Å²) in [6.45, 7) is 0.567. The second kappa shape index (κ2) is 4.93. The molecule has 1 fully saturated rings. The summed E-state index contributed by atoms with van der Waals surface area (Å²) in [4.78, 5) is 14.2. The van der Waals surface area contributed by atoms with Gasteiger partial charge in [0.15, 0.2) is 0 Å². The highest BCUT2D eigenvalue weighted by atomic mass is 16.6. The lowest BCUT2D eigenvalue weighted by Gasteiger charge is -2.07. The zero-order valence-electron chi connectivity index (χ0n) is 10.5. The van der Waals surface area contributed by atoms with Crippen molar-refractivity contribution in [3.05, 3.63) is 35.5 Å². The van der Waals surface area contributed by atoms with E-state index in [9.17, 15) is 4.79 Å². The van der Waals surface area contributed by atoms with Gasteiger partial charge in [-0.25, -0.2) is 4.79 Å². The molecule has 5 heteroatoms. The van der Waals surface area contributed by atoms with Crippen molar-refractivity contribution in [1.29, 1.82) is 0 Å². The molecule has 1 aromatic heterocycles. The van der Waals surface area contributed by atoms with Crippen LogP contribution >= 0.6 is 0 Å². The van der Waals surface area contributed by atoms with Crippen molar-refractivity contribution >= 4 is 17.0 Å². The number of alkyl carbamates (subject to hydrolysis) is 1. The van der Waals surface area contributed by atoms with E-state index in [0.29, 0.717) is 13.0 Å². The van der Waals surface area contributed by atoms with Crippen LogP contribution in [0, 0.1) is 0 Å². The van der Waals surface area contributed by atoms with Gasteiger partial charge in [-0.05, 0) is 36.1 Å². The zero-order valence-corrected chi connectivity index (χ0v) is 10.5. The molecule has 3 N–H and O–H groups in total. The number of H-pyrrole nitrogens is 1. The molecule has 1 saturated heterocycles. The second-order valence-electron chi connectivity index (χ2n) is 4.81. The lowest BCUT2D eigenvalue weighted by Crippen LogP contribution is -2.28. The number of hydrogen-bond donors (Lipinski definition) is 3. The quantitative estimate of drug-likeness (QED) is 0.777. The number of nitrogens with one attached hydrogen (secondary N) is 2. The van der Waals surface area contributed by atoms with Gasteiger partial charge in [0.05, 0.1) is 6.04 Å². The van der Waals surface area contributed by atoms with E-state index < -0.39 is 0 Å². The number of cyclic esters (lactones) is 1. The van der Waals surface area contributed by atoms with Crippen LogP contribution in [0.5, 0.6) is 0 Å². The molecule has 19 heavy (non-hydrogen) atoms. The Morgan fingerprint density at radius 1 is 1.42 bits per heavy atom. The average molecular weight is 260 g/mol. The van der Waals surface area contributed by atoms with Crippen LogP contribution in [0.15, 0.2) is 24.4 Å². The van der Waals surface area contributed by atoms with Crippen molar-refractivity contribution in [3.8, 4) is 0 Å². The molecule has 5 nitrogen and oxygen atoms in total. The van der Waals surface area contributed by atoms with Crippen LogP contribution in [-0.4, -0.2) is 35.4 Å². The number of aliphatic hydroxyl groups excluding tert-OH is 1. The number of amides is 1. The first kappa shape index (κ1) is 12.0. The van der Waals surface area contributed by atoms with Crippen molar-refractivity contribution in [1.82, 2.24) is 10.3 Å². The van der Waals surface area contributed by atoms with Crippen LogP contribution in [0.3, 0.4) is 0 Å². The van der Waals surface area contributed by atoms with Crippen LogP contribution < -0.4 is 5.32 Å². The lowest BCUT2D eigenvalue weighted by atomic mass is 10.0. The van der Waals surface area contributed by atoms with Crippen molar-refractivity contribution in [3.63, 3.8) is 0 Å². The van der Waals surface area contributed by atoms with Gasteiger partial charge in [-0.15, -0.1) is 0 Å². The summed E-state index contributed by atoms with van der Waals surface area (Å²) >= 11 is 0. The fourth-order valence-electron chi connectivity index (χ4n) is 2.50. The fraction of sp³-hybridized carbons (Fsp3) is 0.357. The van der Waals surface area contributed by atoms with E-state index in [-0.39, 0.29) is 18.7 Å². The van der Waals surface area contributed by atoms with Gasteiger partial charge in [-0.3, -0.25) is 0 Å². The molecule has 0 aliphatic carbocycles. The van der Waals surface area contributed by atoms with Gasteiger partial charge in [-0.1, -0.05) is 6.07 Å². The van der Waals surface area contributed by atoms with Crippen molar-refractivity contribution in [2.45, 2.75) is 18.9 Å². The molecule has 0 spiro atoms. The highest BCUT2D eigenvalue weighted by Crippen LogP contribution is 2.21. The number of aliphatic hydroxyl groups is 1. The molecule has 1 unspecified atom stereocenters. The van der Waals surface area contributed by atoms with Crippen molar-refractivity contribution in [2.75, 3.05) is 13.2 Å². The standard InChI is InChI=1S/C14H16N2O3/c17-4-3-10-7-15-13-2-1-9(6-12(10)13)5-11-8-19-14(18)16-11/h1-2,6-7,11,15,17H,3-5,8H2,(H,16,18). The van der Waals surface area contributed by atoms with Crippen LogP contribution in [0.2, 0.25) is 0 Å². The van der Waals surface area contributed by atoms with Crippen LogP contribution in [-0.2, 0) is 17.6 Å². The number of hydrogen-bond acceptors (Lipinski definition) is 3. The van der Waals surface area contributed by atoms with Crippen molar-refractivity contribution in [2.24, 2.45) is 0 Å². The third kappa shape index (κ3) is 2.42. The van der Waals surface area contributed by atoms with E-state index in [1.54, 1.807) is 0 Å². The SMILES string of the molecule is O=C1NC(Cc2ccc3[nH]cc(CCO)c3c2)CO1. The smallest absolute Gasteiger partial charge is 0.407 e. The second-order valence-corrected chi connectivity index (χ2v) is 4.81. The maximum Gasteiger partial charge on any atom is 0.407 e. The number of ether oxygens (including phenoxy) is 1. The topological polar surface area (TPSA) is 74.4 Å². The third-order valence-electron chi connectivity index (χ3n) is 3.43. The summed E-state index contributed by atoms with van der Waals surface area (Å²) in [5.41, 5.74) is 3.34. The molecule has 3 rings (SSSR count). The van der Waals surface area contributed by atoms with E-state index in [4.69, 9.17) is 9.84 Å². The molecule has 2 heterocycles. The van der Waals surface area contributed by atoms with E-state index in [1.807, 2.05) is 18.3 Å². The fourth-order valence-corrected chi connectivity index (χ4v) is 2.50. The molecule has 1 atom stereocenters. The summed E-state index contributed by atoms with van der Waals surface area (Å²) in [5.74, 6) is 0. The first-order valence-corrected chi connectivity index (χ1v) is 6.39. The van der Waals surface area contributed by atoms with Gasteiger partial charge in [0, 0.05) is 23.7 Å². The normalized spacial score (nSPS) is 18.6. The highest BCUT2D eigenvalue weighted by molar-refractivity contribution is 5.84. The minimum atomic E-state index is -0.339. The number of fused-ring (bicyclic) bond motifs is 1. The van der Waals surface area contributed by atoms with Gasteiger partial charge in [0.1, 0.15) is 6.61 Å². The Bertz CT molecular complexity index is 606. The molecule has 1 aromatic carbocycles. The average Bonchev–Trinajstić information content (AvgIpc) is 2.97. The number of aromatic amines is 1. The molecule has 0 radical (unpaired) electrons. The maximum absolute atomic E-state index is 11.0. The lowest BCUT2D eigenvalue weighted by molar-refractivity contribution is 0.177. The summed E-state index contributed by atoms with van der Waals surface area (Å²) in [6, 6.07) is 6.24. The molecule has 0 saturated carbocycles. The summed E-state index contributed by atoms with van der Waals surface area (Å²) in [7, 11) is 0. The summed E-state index contributed by atoms with van der Waals surface area (Å²) in [5, 5.41) is 13.0. The van der Waals surface area contributed by atoms with Crippen molar-refractivity contribution < 1.29 is 14.6 Å². The molecule has 1 aliphatic rings.